The smallest absolute Gasteiger partial charge is 0.222 e. The monoisotopic (exact) mass is 324 g/mol. The van der Waals surface area contributed by atoms with Gasteiger partial charge in [0.15, 0.2) is 0 Å². The number of amides is 1. The van der Waals surface area contributed by atoms with Crippen molar-refractivity contribution in [2.45, 2.75) is 26.2 Å². The van der Waals surface area contributed by atoms with Gasteiger partial charge >= 0.3 is 0 Å². The maximum atomic E-state index is 12.2. The molecule has 1 aromatic carbocycles. The molecule has 1 fully saturated rings. The fourth-order valence-electron chi connectivity index (χ4n) is 2.42. The summed E-state index contributed by atoms with van der Waals surface area (Å²) in [4.78, 5) is 14.2. The zero-order valence-electron chi connectivity index (χ0n) is 11.4. The normalized spacial score (nSPS) is 16.2. The molecule has 0 bridgehead atoms. The van der Waals surface area contributed by atoms with Crippen molar-refractivity contribution < 1.29 is 4.79 Å². The summed E-state index contributed by atoms with van der Waals surface area (Å²) in [6.45, 7) is 5.77. The van der Waals surface area contributed by atoms with Crippen LogP contribution in [0, 0.1) is 6.92 Å². The average Bonchev–Trinajstić information content (AvgIpc) is 2.69. The molecule has 1 heterocycles. The molecule has 1 aliphatic rings. The van der Waals surface area contributed by atoms with E-state index in [0.717, 1.165) is 43.5 Å². The Morgan fingerprint density at radius 2 is 2.21 bits per heavy atom. The molecule has 0 spiro atoms. The van der Waals surface area contributed by atoms with Gasteiger partial charge in [0.05, 0.1) is 0 Å². The predicted molar refractivity (Wildman–Crippen MR) is 81.3 cm³/mol. The zero-order chi connectivity index (χ0) is 13.7. The van der Waals surface area contributed by atoms with E-state index in [-0.39, 0.29) is 5.91 Å². The van der Waals surface area contributed by atoms with Gasteiger partial charge in [0.25, 0.3) is 0 Å². The Bertz CT molecular complexity index is 440. The fourth-order valence-corrected chi connectivity index (χ4v) is 2.83. The van der Waals surface area contributed by atoms with Crippen LogP contribution in [0.15, 0.2) is 22.7 Å². The third kappa shape index (κ3) is 4.05. The fraction of sp³-hybridized carbons (Fsp3) is 0.533. The van der Waals surface area contributed by atoms with E-state index in [1.807, 2.05) is 17.0 Å². The Balaban J connectivity index is 1.90. The highest BCUT2D eigenvalue weighted by Gasteiger charge is 2.15. The molecule has 0 aromatic heterocycles. The lowest BCUT2D eigenvalue weighted by Gasteiger charge is -2.20. The summed E-state index contributed by atoms with van der Waals surface area (Å²) in [5.74, 6) is 0.281. The van der Waals surface area contributed by atoms with Crippen LogP contribution in [0.4, 0.5) is 0 Å². The molecule has 2 rings (SSSR count). The molecule has 4 heteroatoms. The SMILES string of the molecule is Cc1c(Br)cccc1CCC(=O)N1CCCNCC1. The second-order valence-corrected chi connectivity index (χ2v) is 5.86. The number of nitrogens with one attached hydrogen (secondary N) is 1. The Morgan fingerprint density at radius 1 is 1.37 bits per heavy atom. The van der Waals surface area contributed by atoms with Crippen LogP contribution in [0.25, 0.3) is 0 Å². The number of nitrogens with zero attached hydrogens (tertiary/aromatic N) is 1. The van der Waals surface area contributed by atoms with Gasteiger partial charge in [-0.3, -0.25) is 4.79 Å². The Morgan fingerprint density at radius 3 is 3.05 bits per heavy atom. The minimum Gasteiger partial charge on any atom is -0.341 e. The summed E-state index contributed by atoms with van der Waals surface area (Å²) in [6.07, 6.45) is 2.49. The van der Waals surface area contributed by atoms with E-state index in [1.165, 1.54) is 11.1 Å². The van der Waals surface area contributed by atoms with Gasteiger partial charge < -0.3 is 10.2 Å². The number of benzene rings is 1. The van der Waals surface area contributed by atoms with Crippen LogP contribution >= 0.6 is 15.9 Å². The van der Waals surface area contributed by atoms with Crippen molar-refractivity contribution in [3.8, 4) is 0 Å². The van der Waals surface area contributed by atoms with E-state index in [0.29, 0.717) is 6.42 Å². The molecule has 1 saturated heterocycles. The van der Waals surface area contributed by atoms with Gasteiger partial charge in [-0.25, -0.2) is 0 Å². The molecule has 1 aliphatic heterocycles. The Kier molecular flexibility index (Phi) is 5.40. The highest BCUT2D eigenvalue weighted by molar-refractivity contribution is 9.10. The zero-order valence-corrected chi connectivity index (χ0v) is 13.0. The van der Waals surface area contributed by atoms with Crippen molar-refractivity contribution in [1.82, 2.24) is 10.2 Å². The van der Waals surface area contributed by atoms with Gasteiger partial charge in [-0.1, -0.05) is 28.1 Å². The Labute approximate surface area is 123 Å². The molecule has 104 valence electrons. The number of halogens is 1. The number of hydrogen-bond acceptors (Lipinski definition) is 2. The van der Waals surface area contributed by atoms with Crippen molar-refractivity contribution in [3.63, 3.8) is 0 Å². The van der Waals surface area contributed by atoms with Crippen LogP contribution in [0.1, 0.15) is 24.0 Å². The van der Waals surface area contributed by atoms with Gasteiger partial charge in [-0.05, 0) is 43.5 Å². The van der Waals surface area contributed by atoms with Crippen LogP contribution in [0.5, 0.6) is 0 Å². The maximum absolute atomic E-state index is 12.2. The summed E-state index contributed by atoms with van der Waals surface area (Å²) >= 11 is 3.54. The second-order valence-electron chi connectivity index (χ2n) is 5.01. The van der Waals surface area contributed by atoms with E-state index in [2.05, 4.69) is 34.2 Å². The summed E-state index contributed by atoms with van der Waals surface area (Å²) < 4.78 is 1.12. The number of rotatable bonds is 3. The van der Waals surface area contributed by atoms with Crippen molar-refractivity contribution in [2.24, 2.45) is 0 Å². The minimum atomic E-state index is 0.281. The summed E-state index contributed by atoms with van der Waals surface area (Å²) in [5, 5.41) is 3.32. The number of carbonyl (C=O) groups is 1. The highest BCUT2D eigenvalue weighted by atomic mass is 79.9. The van der Waals surface area contributed by atoms with E-state index < -0.39 is 0 Å². The van der Waals surface area contributed by atoms with Crippen molar-refractivity contribution in [1.29, 1.82) is 0 Å². The minimum absolute atomic E-state index is 0.281. The first-order chi connectivity index (χ1) is 9.18. The first-order valence-electron chi connectivity index (χ1n) is 6.91. The predicted octanol–water partition coefficient (Wildman–Crippen LogP) is 2.51. The molecule has 0 unspecified atom stereocenters. The summed E-state index contributed by atoms with van der Waals surface area (Å²) in [6, 6.07) is 6.19. The van der Waals surface area contributed by atoms with Crippen LogP contribution in [-0.4, -0.2) is 37.0 Å². The third-order valence-corrected chi connectivity index (χ3v) is 4.54. The standard InChI is InChI=1S/C15H21BrN2O/c1-12-13(4-2-5-14(12)16)6-7-15(19)18-10-3-8-17-9-11-18/h2,4-5,17H,3,6-11H2,1H3. The lowest BCUT2D eigenvalue weighted by atomic mass is 10.0. The molecule has 0 atom stereocenters. The number of aryl methyl sites for hydroxylation is 1. The number of carbonyl (C=O) groups excluding carboxylic acids is 1. The topological polar surface area (TPSA) is 32.3 Å². The van der Waals surface area contributed by atoms with Gasteiger partial charge in [-0.2, -0.15) is 0 Å². The highest BCUT2D eigenvalue weighted by Crippen LogP contribution is 2.20. The van der Waals surface area contributed by atoms with Crippen molar-refractivity contribution >= 4 is 21.8 Å². The largest absolute Gasteiger partial charge is 0.341 e. The molecule has 1 aromatic rings. The maximum Gasteiger partial charge on any atom is 0.222 e. The first-order valence-corrected chi connectivity index (χ1v) is 7.70. The van der Waals surface area contributed by atoms with Crippen LogP contribution in [-0.2, 0) is 11.2 Å². The molecule has 0 radical (unpaired) electrons. The van der Waals surface area contributed by atoms with Gasteiger partial charge in [0, 0.05) is 30.5 Å². The second kappa shape index (κ2) is 7.06. The van der Waals surface area contributed by atoms with Crippen LogP contribution < -0.4 is 5.32 Å². The molecule has 0 aliphatic carbocycles. The molecule has 0 saturated carbocycles. The van der Waals surface area contributed by atoms with Crippen LogP contribution in [0.3, 0.4) is 0 Å². The van der Waals surface area contributed by atoms with Gasteiger partial charge in [-0.15, -0.1) is 0 Å². The van der Waals surface area contributed by atoms with Crippen molar-refractivity contribution in [2.75, 3.05) is 26.2 Å². The molecule has 1 N–H and O–H groups in total. The van der Waals surface area contributed by atoms with E-state index >= 15 is 0 Å². The molecular formula is C15H21BrN2O. The van der Waals surface area contributed by atoms with E-state index in [1.54, 1.807) is 0 Å². The quantitative estimate of drug-likeness (QED) is 0.926. The lowest BCUT2D eigenvalue weighted by molar-refractivity contribution is -0.130. The summed E-state index contributed by atoms with van der Waals surface area (Å²) in [5.41, 5.74) is 2.50. The third-order valence-electron chi connectivity index (χ3n) is 3.68. The summed E-state index contributed by atoms with van der Waals surface area (Å²) in [7, 11) is 0. The molecule has 3 nitrogen and oxygen atoms in total. The average molecular weight is 325 g/mol. The first kappa shape index (κ1) is 14.5. The molecular weight excluding hydrogens is 304 g/mol. The molecule has 19 heavy (non-hydrogen) atoms. The molecule has 1 amide bonds. The van der Waals surface area contributed by atoms with Gasteiger partial charge in [0.2, 0.25) is 5.91 Å². The van der Waals surface area contributed by atoms with Gasteiger partial charge in [0.1, 0.15) is 0 Å². The van der Waals surface area contributed by atoms with E-state index in [4.69, 9.17) is 0 Å². The lowest BCUT2D eigenvalue weighted by Crippen LogP contribution is -2.34. The Hall–Kier alpha value is -0.870. The number of hydrogen-bond donors (Lipinski definition) is 1. The van der Waals surface area contributed by atoms with Crippen molar-refractivity contribution in [3.05, 3.63) is 33.8 Å². The van der Waals surface area contributed by atoms with E-state index in [9.17, 15) is 4.79 Å². The van der Waals surface area contributed by atoms with Crippen LogP contribution in [0.2, 0.25) is 0 Å².